The Balaban J connectivity index is 1.25. The second kappa shape index (κ2) is 11.1. The van der Waals surface area contributed by atoms with E-state index in [0.29, 0.717) is 12.1 Å². The number of benzene rings is 3. The van der Waals surface area contributed by atoms with Crippen LogP contribution in [0, 0.1) is 25.7 Å². The van der Waals surface area contributed by atoms with Crippen molar-refractivity contribution < 1.29 is 23.9 Å². The largest absolute Gasteiger partial charge is 0.454 e. The summed E-state index contributed by atoms with van der Waals surface area (Å²) in [7, 11) is 0. The zero-order valence-corrected chi connectivity index (χ0v) is 25.4. The van der Waals surface area contributed by atoms with Gasteiger partial charge < -0.3 is 10.1 Å². The number of likely N-dealkylation sites (tertiary alicyclic amines) is 1. The van der Waals surface area contributed by atoms with Crippen molar-refractivity contribution in [2.45, 2.75) is 57.9 Å². The van der Waals surface area contributed by atoms with Crippen LogP contribution >= 0.6 is 15.9 Å². The van der Waals surface area contributed by atoms with Crippen LogP contribution in [-0.4, -0.2) is 41.2 Å². The van der Waals surface area contributed by atoms with E-state index in [2.05, 4.69) is 45.5 Å². The molecule has 2 bridgehead atoms. The lowest BCUT2D eigenvalue weighted by Crippen LogP contribution is -2.47. The van der Waals surface area contributed by atoms with Gasteiger partial charge in [-0.25, -0.2) is 4.79 Å². The van der Waals surface area contributed by atoms with Crippen molar-refractivity contribution in [3.05, 3.63) is 98.5 Å². The number of aryl methyl sites for hydroxylation is 2. The second-order valence-corrected chi connectivity index (χ2v) is 12.3. The average Bonchev–Trinajstić information content (AvgIpc) is 3.25. The summed E-state index contributed by atoms with van der Waals surface area (Å²) in [5, 5.41) is 2.77. The van der Waals surface area contributed by atoms with E-state index in [-0.39, 0.29) is 30.1 Å². The lowest BCUT2D eigenvalue weighted by Gasteiger charge is -2.45. The number of carbonyl (C=O) groups is 4. The number of amides is 3. The molecule has 1 saturated heterocycles. The highest BCUT2D eigenvalue weighted by Crippen LogP contribution is 2.61. The highest BCUT2D eigenvalue weighted by Gasteiger charge is 2.63. The molecule has 0 unspecified atom stereocenters. The van der Waals surface area contributed by atoms with E-state index in [1.54, 1.807) is 0 Å². The Hall–Kier alpha value is -3.78. The molecule has 1 fully saturated rings. The predicted octanol–water partition coefficient (Wildman–Crippen LogP) is 6.00. The Bertz CT molecular complexity index is 1480. The third kappa shape index (κ3) is 4.56. The standard InChI is InChI=1S/C34H33BrN2O5/c1-4-5-14-25(34(41)42-17-26(38)36-20-15-18(2)31(35)19(3)16-20)37-32(39)29-27-21-10-6-7-11-22(21)28(30(29)33(37)40)24-13-9-8-12-23(24)27/h6-13,15-16,25,27-30H,4-5,14,17H2,1-3H3,(H,36,38)/t25-,27?,28?,29-,30+/m1/s1. The summed E-state index contributed by atoms with van der Waals surface area (Å²) in [5.74, 6) is -3.52. The van der Waals surface area contributed by atoms with Gasteiger partial charge in [0.25, 0.3) is 5.91 Å². The van der Waals surface area contributed by atoms with E-state index >= 15 is 0 Å². The molecule has 42 heavy (non-hydrogen) atoms. The maximum absolute atomic E-state index is 14.2. The average molecular weight is 630 g/mol. The van der Waals surface area contributed by atoms with Gasteiger partial charge in [-0.15, -0.1) is 0 Å². The Morgan fingerprint density at radius 1 is 0.881 bits per heavy atom. The normalized spacial score (nSPS) is 22.3. The molecule has 1 heterocycles. The molecule has 3 amide bonds. The summed E-state index contributed by atoms with van der Waals surface area (Å²) in [4.78, 5) is 55.7. The third-order valence-corrected chi connectivity index (χ3v) is 10.2. The molecule has 3 aromatic carbocycles. The SMILES string of the molecule is CCCC[C@H](C(=O)OCC(=O)Nc1cc(C)c(Br)c(C)c1)N1C(=O)[C@@H]2C3c4ccccc4C(c4ccccc43)[C@@H]2C1=O. The summed E-state index contributed by atoms with van der Waals surface area (Å²) in [5.41, 5.74) is 6.84. The van der Waals surface area contributed by atoms with Crippen molar-refractivity contribution in [2.24, 2.45) is 11.8 Å². The molecule has 0 aromatic heterocycles. The van der Waals surface area contributed by atoms with Crippen molar-refractivity contribution in [1.29, 1.82) is 0 Å². The maximum Gasteiger partial charge on any atom is 0.329 e. The Morgan fingerprint density at radius 3 is 1.81 bits per heavy atom. The molecule has 7 rings (SSSR count). The number of ether oxygens (including phenoxy) is 1. The van der Waals surface area contributed by atoms with Gasteiger partial charge in [-0.1, -0.05) is 84.2 Å². The van der Waals surface area contributed by atoms with Crippen molar-refractivity contribution >= 4 is 45.3 Å². The topological polar surface area (TPSA) is 92.8 Å². The van der Waals surface area contributed by atoms with E-state index < -0.39 is 36.4 Å². The summed E-state index contributed by atoms with van der Waals surface area (Å²) < 4.78 is 6.43. The van der Waals surface area contributed by atoms with Crippen LogP contribution in [0.25, 0.3) is 0 Å². The number of unbranched alkanes of at least 4 members (excludes halogenated alkanes) is 1. The highest BCUT2D eigenvalue weighted by molar-refractivity contribution is 9.10. The minimum atomic E-state index is -1.08. The molecule has 3 aromatic rings. The first-order valence-electron chi connectivity index (χ1n) is 14.5. The lowest BCUT2D eigenvalue weighted by molar-refractivity contribution is -0.160. The first-order chi connectivity index (χ1) is 20.2. The molecule has 4 aliphatic rings. The van der Waals surface area contributed by atoms with E-state index in [9.17, 15) is 19.2 Å². The van der Waals surface area contributed by atoms with E-state index in [1.165, 1.54) is 4.90 Å². The van der Waals surface area contributed by atoms with Crippen LogP contribution < -0.4 is 5.32 Å². The fraction of sp³-hybridized carbons (Fsp3) is 0.353. The molecule has 3 atom stereocenters. The first kappa shape index (κ1) is 28.3. The number of esters is 1. The Morgan fingerprint density at radius 2 is 1.36 bits per heavy atom. The molecule has 7 nitrogen and oxygen atoms in total. The molecule has 216 valence electrons. The molecule has 3 aliphatic carbocycles. The fourth-order valence-electron chi connectivity index (χ4n) is 7.21. The van der Waals surface area contributed by atoms with Crippen LogP contribution in [0.3, 0.4) is 0 Å². The van der Waals surface area contributed by atoms with Crippen LogP contribution in [0.15, 0.2) is 65.1 Å². The number of halogens is 1. The van der Waals surface area contributed by atoms with E-state index in [0.717, 1.165) is 44.3 Å². The number of nitrogens with zero attached hydrogens (tertiary/aromatic N) is 1. The quantitative estimate of drug-likeness (QED) is 0.244. The number of carbonyl (C=O) groups excluding carboxylic acids is 4. The number of hydrogen-bond donors (Lipinski definition) is 1. The summed E-state index contributed by atoms with van der Waals surface area (Å²) in [6, 6.07) is 18.7. The molecule has 0 saturated carbocycles. The summed E-state index contributed by atoms with van der Waals surface area (Å²) >= 11 is 3.52. The van der Waals surface area contributed by atoms with Crippen LogP contribution in [0.4, 0.5) is 5.69 Å². The van der Waals surface area contributed by atoms with Crippen LogP contribution in [0.2, 0.25) is 0 Å². The third-order valence-electron chi connectivity index (χ3n) is 8.96. The highest BCUT2D eigenvalue weighted by atomic mass is 79.9. The zero-order valence-electron chi connectivity index (χ0n) is 23.9. The van der Waals surface area contributed by atoms with Crippen LogP contribution in [0.5, 0.6) is 0 Å². The molecular weight excluding hydrogens is 596 g/mol. The summed E-state index contributed by atoms with van der Waals surface area (Å²) in [6.07, 6.45) is 1.69. The van der Waals surface area contributed by atoms with Gasteiger partial charge in [-0.2, -0.15) is 0 Å². The van der Waals surface area contributed by atoms with Gasteiger partial charge in [-0.3, -0.25) is 19.3 Å². The van der Waals surface area contributed by atoms with Gasteiger partial charge in [0.05, 0.1) is 11.8 Å². The van der Waals surface area contributed by atoms with E-state index in [1.807, 2.05) is 57.2 Å². The summed E-state index contributed by atoms with van der Waals surface area (Å²) in [6.45, 7) is 5.33. The van der Waals surface area contributed by atoms with Crippen molar-refractivity contribution in [2.75, 3.05) is 11.9 Å². The van der Waals surface area contributed by atoms with Gasteiger partial charge in [0.15, 0.2) is 6.61 Å². The second-order valence-electron chi connectivity index (χ2n) is 11.5. The fourth-order valence-corrected chi connectivity index (χ4v) is 7.43. The van der Waals surface area contributed by atoms with Gasteiger partial charge in [0, 0.05) is 22.0 Å². The molecular formula is C34H33BrN2O5. The molecule has 0 radical (unpaired) electrons. The number of anilines is 1. The van der Waals surface area contributed by atoms with E-state index in [4.69, 9.17) is 4.74 Å². The molecule has 1 N–H and O–H groups in total. The van der Waals surface area contributed by atoms with Gasteiger partial charge in [0.1, 0.15) is 6.04 Å². The van der Waals surface area contributed by atoms with Crippen molar-refractivity contribution in [3.63, 3.8) is 0 Å². The number of imide groups is 1. The molecule has 1 aliphatic heterocycles. The minimum absolute atomic E-state index is 0.250. The van der Waals surface area contributed by atoms with Crippen LogP contribution in [-0.2, 0) is 23.9 Å². The Kier molecular flexibility index (Phi) is 7.51. The maximum atomic E-state index is 14.2. The first-order valence-corrected chi connectivity index (χ1v) is 15.3. The molecule has 0 spiro atoms. The number of hydrogen-bond acceptors (Lipinski definition) is 5. The Labute approximate surface area is 253 Å². The lowest BCUT2D eigenvalue weighted by atomic mass is 9.55. The van der Waals surface area contributed by atoms with Gasteiger partial charge >= 0.3 is 5.97 Å². The predicted molar refractivity (Wildman–Crippen MR) is 162 cm³/mol. The minimum Gasteiger partial charge on any atom is -0.454 e. The molecule has 8 heteroatoms. The zero-order chi connectivity index (χ0) is 29.7. The number of rotatable bonds is 8. The van der Waals surface area contributed by atoms with Crippen molar-refractivity contribution in [1.82, 2.24) is 4.90 Å². The number of nitrogens with one attached hydrogen (secondary N) is 1. The smallest absolute Gasteiger partial charge is 0.329 e. The van der Waals surface area contributed by atoms with Crippen LogP contribution in [0.1, 0.15) is 71.4 Å². The van der Waals surface area contributed by atoms with Crippen molar-refractivity contribution in [3.8, 4) is 0 Å². The van der Waals surface area contributed by atoms with Gasteiger partial charge in [0.2, 0.25) is 11.8 Å². The van der Waals surface area contributed by atoms with Gasteiger partial charge in [-0.05, 0) is 65.8 Å². The monoisotopic (exact) mass is 628 g/mol.